The molecule has 1 aromatic carbocycles. The molecule has 1 saturated carbocycles. The Hall–Kier alpha value is -1.67. The zero-order valence-corrected chi connectivity index (χ0v) is 16.4. The highest BCUT2D eigenvalue weighted by Gasteiger charge is 2.39. The van der Waals surface area contributed by atoms with Crippen molar-refractivity contribution in [3.8, 4) is 0 Å². The van der Waals surface area contributed by atoms with Crippen LogP contribution in [0.5, 0.6) is 0 Å². The summed E-state index contributed by atoms with van der Waals surface area (Å²) in [6, 6.07) is 12.3. The summed E-state index contributed by atoms with van der Waals surface area (Å²) in [5, 5.41) is 3.35. The first-order valence-electron chi connectivity index (χ1n) is 10.8. The third-order valence-electron chi connectivity index (χ3n) is 6.99. The van der Waals surface area contributed by atoms with E-state index in [1.165, 1.54) is 12.0 Å². The van der Waals surface area contributed by atoms with Crippen LogP contribution in [0.2, 0.25) is 0 Å². The van der Waals surface area contributed by atoms with Gasteiger partial charge in [-0.25, -0.2) is 15.6 Å². The molecule has 0 radical (unpaired) electrons. The molecule has 3 unspecified atom stereocenters. The van der Waals surface area contributed by atoms with Crippen LogP contribution >= 0.6 is 0 Å². The van der Waals surface area contributed by atoms with Crippen LogP contribution in [0.15, 0.2) is 30.3 Å². The van der Waals surface area contributed by atoms with E-state index in [9.17, 15) is 4.79 Å². The topological polar surface area (TPSA) is 71.7 Å². The Balaban J connectivity index is 1.19. The number of benzene rings is 1. The molecule has 6 rings (SSSR count). The number of amides is 2. The number of fused-ring (bicyclic) bond motifs is 5. The number of nitrogens with one attached hydrogen (secondary N) is 4. The van der Waals surface area contributed by atoms with E-state index in [0.717, 1.165) is 51.9 Å². The average Bonchev–Trinajstić information content (AvgIpc) is 3.00. The number of rotatable bonds is 3. The van der Waals surface area contributed by atoms with Gasteiger partial charge in [-0.3, -0.25) is 4.90 Å². The number of hydrazine groups is 2. The summed E-state index contributed by atoms with van der Waals surface area (Å²) in [5.74, 6) is 0.592. The Morgan fingerprint density at radius 3 is 2.75 bits per heavy atom. The van der Waals surface area contributed by atoms with Crippen LogP contribution in [-0.4, -0.2) is 59.6 Å². The SMILES string of the molecule is O=C(NC1CCC2NNNC2C1)N1C[C@H]2CC[C@@H]1CN(Cc1ccccc1)C2. The lowest BCUT2D eigenvalue weighted by Crippen LogP contribution is -2.55. The lowest BCUT2D eigenvalue weighted by Gasteiger charge is -2.38. The highest BCUT2D eigenvalue weighted by Crippen LogP contribution is 2.29. The summed E-state index contributed by atoms with van der Waals surface area (Å²) in [6.07, 6.45) is 5.50. The van der Waals surface area contributed by atoms with E-state index in [1.54, 1.807) is 0 Å². The van der Waals surface area contributed by atoms with E-state index >= 15 is 0 Å². The Kier molecular flexibility index (Phi) is 5.24. The molecule has 5 aliphatic rings. The Bertz CT molecular complexity index is 685. The summed E-state index contributed by atoms with van der Waals surface area (Å²) in [5.41, 5.74) is 10.9. The molecule has 2 bridgehead atoms. The minimum atomic E-state index is 0.152. The van der Waals surface area contributed by atoms with Crippen molar-refractivity contribution in [3.63, 3.8) is 0 Å². The standard InChI is InChI=1S/C21H32N6O/c28-21(22-17-7-9-19-20(10-17)24-25-23-19)27-13-16-6-8-18(27)14-26(12-16)11-15-4-2-1-3-5-15/h1-5,16-20,23-25H,6-14H2,(H,22,28)/t16-,17?,18+,19?,20?/m0/s1. The van der Waals surface area contributed by atoms with E-state index in [2.05, 4.69) is 61.8 Å². The zero-order chi connectivity index (χ0) is 18.9. The molecule has 5 fully saturated rings. The van der Waals surface area contributed by atoms with Crippen molar-refractivity contribution < 1.29 is 4.79 Å². The lowest BCUT2D eigenvalue weighted by atomic mass is 9.88. The average molecular weight is 385 g/mol. The maximum absolute atomic E-state index is 13.1. The van der Waals surface area contributed by atoms with Gasteiger partial charge in [-0.05, 0) is 43.6 Å². The van der Waals surface area contributed by atoms with Gasteiger partial charge in [0.15, 0.2) is 0 Å². The molecule has 7 heteroatoms. The first-order valence-corrected chi connectivity index (χ1v) is 10.8. The molecule has 1 aliphatic carbocycles. The largest absolute Gasteiger partial charge is 0.335 e. The maximum Gasteiger partial charge on any atom is 0.317 e. The Morgan fingerprint density at radius 2 is 1.86 bits per heavy atom. The van der Waals surface area contributed by atoms with Crippen molar-refractivity contribution in [2.45, 2.75) is 62.8 Å². The highest BCUT2D eigenvalue weighted by atomic mass is 16.2. The molecule has 1 aromatic rings. The Morgan fingerprint density at radius 1 is 1.00 bits per heavy atom. The fraction of sp³-hybridized carbons (Fsp3) is 0.667. The molecule has 4 aliphatic heterocycles. The molecule has 5 atom stereocenters. The normalized spacial score (nSPS) is 35.4. The summed E-state index contributed by atoms with van der Waals surface area (Å²) >= 11 is 0. The van der Waals surface area contributed by atoms with Gasteiger partial charge in [0.25, 0.3) is 0 Å². The fourth-order valence-corrected chi connectivity index (χ4v) is 5.52. The maximum atomic E-state index is 13.1. The molecule has 2 amide bonds. The lowest BCUT2D eigenvalue weighted by molar-refractivity contribution is 0.134. The first-order chi connectivity index (χ1) is 13.7. The van der Waals surface area contributed by atoms with E-state index in [-0.39, 0.29) is 12.1 Å². The monoisotopic (exact) mass is 384 g/mol. The minimum Gasteiger partial charge on any atom is -0.335 e. The van der Waals surface area contributed by atoms with Crippen molar-refractivity contribution in [2.75, 3.05) is 19.6 Å². The minimum absolute atomic E-state index is 0.152. The third-order valence-corrected chi connectivity index (χ3v) is 6.99. The van der Waals surface area contributed by atoms with Crippen molar-refractivity contribution in [1.82, 2.24) is 31.5 Å². The number of carbonyl (C=O) groups is 1. The second-order valence-electron chi connectivity index (χ2n) is 9.02. The number of urea groups is 1. The highest BCUT2D eigenvalue weighted by molar-refractivity contribution is 5.75. The van der Waals surface area contributed by atoms with Gasteiger partial charge in [0.05, 0.1) is 0 Å². The van der Waals surface area contributed by atoms with Gasteiger partial charge >= 0.3 is 6.03 Å². The summed E-state index contributed by atoms with van der Waals surface area (Å²) < 4.78 is 0. The quantitative estimate of drug-likeness (QED) is 0.630. The molecular weight excluding hydrogens is 352 g/mol. The molecular formula is C21H32N6O. The van der Waals surface area contributed by atoms with Crippen LogP contribution in [0, 0.1) is 5.92 Å². The molecule has 28 heavy (non-hydrogen) atoms. The van der Waals surface area contributed by atoms with Gasteiger partial charge in [0.2, 0.25) is 0 Å². The van der Waals surface area contributed by atoms with E-state index in [4.69, 9.17) is 0 Å². The van der Waals surface area contributed by atoms with Crippen molar-refractivity contribution in [3.05, 3.63) is 35.9 Å². The van der Waals surface area contributed by atoms with Gasteiger partial charge in [-0.1, -0.05) is 30.3 Å². The molecule has 4 heterocycles. The number of hydrogen-bond acceptors (Lipinski definition) is 5. The van der Waals surface area contributed by atoms with Gasteiger partial charge < -0.3 is 10.2 Å². The summed E-state index contributed by atoms with van der Waals surface area (Å²) in [6.45, 7) is 3.98. The van der Waals surface area contributed by atoms with Crippen LogP contribution < -0.4 is 21.7 Å². The second-order valence-corrected chi connectivity index (χ2v) is 9.02. The van der Waals surface area contributed by atoms with Crippen molar-refractivity contribution in [1.29, 1.82) is 0 Å². The van der Waals surface area contributed by atoms with Gasteiger partial charge in [-0.15, -0.1) is 0 Å². The Labute approximate surface area is 167 Å². The molecule has 7 nitrogen and oxygen atoms in total. The van der Waals surface area contributed by atoms with Crippen LogP contribution in [0.1, 0.15) is 37.7 Å². The van der Waals surface area contributed by atoms with E-state index < -0.39 is 0 Å². The number of hydrogen-bond donors (Lipinski definition) is 4. The molecule has 4 saturated heterocycles. The van der Waals surface area contributed by atoms with Crippen molar-refractivity contribution in [2.24, 2.45) is 5.92 Å². The summed E-state index contributed by atoms with van der Waals surface area (Å²) in [4.78, 5) is 17.8. The van der Waals surface area contributed by atoms with E-state index in [1.807, 2.05) is 0 Å². The molecule has 0 aromatic heterocycles. The van der Waals surface area contributed by atoms with Crippen LogP contribution in [-0.2, 0) is 6.54 Å². The predicted molar refractivity (Wildman–Crippen MR) is 108 cm³/mol. The fourth-order valence-electron chi connectivity index (χ4n) is 5.52. The number of piperidine rings is 1. The van der Waals surface area contributed by atoms with Gasteiger partial charge in [0.1, 0.15) is 0 Å². The second kappa shape index (κ2) is 7.99. The molecule has 4 N–H and O–H groups in total. The van der Waals surface area contributed by atoms with E-state index in [0.29, 0.717) is 24.0 Å². The van der Waals surface area contributed by atoms with Crippen molar-refractivity contribution >= 4 is 6.03 Å². The van der Waals surface area contributed by atoms with Crippen LogP contribution in [0.25, 0.3) is 0 Å². The van der Waals surface area contributed by atoms with Gasteiger partial charge in [0, 0.05) is 50.3 Å². The summed E-state index contributed by atoms with van der Waals surface area (Å²) in [7, 11) is 0. The van der Waals surface area contributed by atoms with Crippen LogP contribution in [0.4, 0.5) is 4.79 Å². The smallest absolute Gasteiger partial charge is 0.317 e. The number of carbonyl (C=O) groups excluding carboxylic acids is 1. The first kappa shape index (κ1) is 18.4. The number of nitrogens with zero attached hydrogens (tertiary/aromatic N) is 2. The zero-order valence-electron chi connectivity index (χ0n) is 16.4. The third kappa shape index (κ3) is 3.89. The molecule has 152 valence electrons. The predicted octanol–water partition coefficient (Wildman–Crippen LogP) is 1.19. The van der Waals surface area contributed by atoms with Crippen LogP contribution in [0.3, 0.4) is 0 Å². The molecule has 0 spiro atoms. The van der Waals surface area contributed by atoms with Gasteiger partial charge in [-0.2, -0.15) is 5.53 Å².